The van der Waals surface area contributed by atoms with Crippen molar-refractivity contribution in [3.63, 3.8) is 0 Å². The topological polar surface area (TPSA) is 59.1 Å². The van der Waals surface area contributed by atoms with Crippen molar-refractivity contribution in [2.24, 2.45) is 5.92 Å². The van der Waals surface area contributed by atoms with Gasteiger partial charge in [0.05, 0.1) is 19.7 Å². The summed E-state index contributed by atoms with van der Waals surface area (Å²) >= 11 is 0. The van der Waals surface area contributed by atoms with E-state index in [-0.39, 0.29) is 41.2 Å². The molecule has 6 heteroatoms. The van der Waals surface area contributed by atoms with E-state index < -0.39 is 0 Å². The molecule has 5 atom stereocenters. The smallest absolute Gasteiger partial charge is 0.222 e. The van der Waals surface area contributed by atoms with Gasteiger partial charge in [-0.15, -0.1) is 0 Å². The number of carbonyl (C=O) groups is 2. The molecular weight excluding hydrogens is 669 g/mol. The molecular formula is C48H56N2O4. The molecule has 2 bridgehead atoms. The maximum absolute atomic E-state index is 14.9. The number of rotatable bonds is 16. The summed E-state index contributed by atoms with van der Waals surface area (Å²) < 4.78 is 13.2. The van der Waals surface area contributed by atoms with Gasteiger partial charge in [-0.3, -0.25) is 14.5 Å². The highest BCUT2D eigenvalue weighted by atomic mass is 16.5. The normalized spacial score (nSPS) is 23.8. The number of ether oxygens (including phenoxy) is 2. The van der Waals surface area contributed by atoms with Crippen LogP contribution in [0.1, 0.15) is 98.4 Å². The Labute approximate surface area is 321 Å². The van der Waals surface area contributed by atoms with Gasteiger partial charge >= 0.3 is 0 Å². The Balaban J connectivity index is 1.09. The van der Waals surface area contributed by atoms with Gasteiger partial charge in [0, 0.05) is 35.9 Å². The second-order valence-corrected chi connectivity index (χ2v) is 16.3. The molecule has 54 heavy (non-hydrogen) atoms. The van der Waals surface area contributed by atoms with Crippen molar-refractivity contribution >= 4 is 11.7 Å². The Hall–Kier alpha value is -4.42. The van der Waals surface area contributed by atoms with Crippen molar-refractivity contribution in [3.8, 4) is 11.5 Å². The van der Waals surface area contributed by atoms with Crippen molar-refractivity contribution in [1.82, 2.24) is 9.80 Å². The Bertz CT molecular complexity index is 1860. The lowest BCUT2D eigenvalue weighted by Crippen LogP contribution is -2.69. The first-order valence-corrected chi connectivity index (χ1v) is 20.5. The average molecular weight is 725 g/mol. The quantitative estimate of drug-likeness (QED) is 0.108. The van der Waals surface area contributed by atoms with Gasteiger partial charge in [0.15, 0.2) is 11.5 Å². The summed E-state index contributed by atoms with van der Waals surface area (Å²) in [6, 6.07) is 36.7. The highest BCUT2D eigenvalue weighted by Crippen LogP contribution is 2.64. The number of methoxy groups -OCH3 is 1. The summed E-state index contributed by atoms with van der Waals surface area (Å²) in [5.74, 6) is 2.54. The first kappa shape index (κ1) is 36.6. The summed E-state index contributed by atoms with van der Waals surface area (Å²) in [6.45, 7) is 3.68. The molecule has 1 spiro atoms. The van der Waals surface area contributed by atoms with Crippen LogP contribution < -0.4 is 9.47 Å². The number of Topliss-reactive ketones (excluding diaryl/α,β-unsaturated/α-hetero) is 1. The number of likely N-dealkylation sites (tertiary alicyclic amines) is 1. The molecule has 1 saturated heterocycles. The number of unbranched alkanes of at least 4 members (excludes halogenated alkanes) is 4. The molecule has 0 radical (unpaired) electrons. The Morgan fingerprint density at radius 2 is 1.52 bits per heavy atom. The van der Waals surface area contributed by atoms with Gasteiger partial charge in [0.2, 0.25) is 5.91 Å². The van der Waals surface area contributed by atoms with E-state index in [1.165, 1.54) is 40.7 Å². The molecule has 2 aliphatic carbocycles. The predicted octanol–water partition coefficient (Wildman–Crippen LogP) is 8.94. The van der Waals surface area contributed by atoms with Crippen LogP contribution in [0.4, 0.5) is 0 Å². The number of nitrogens with zero attached hydrogens (tertiary/aromatic N) is 2. The molecule has 8 rings (SSSR count). The summed E-state index contributed by atoms with van der Waals surface area (Å²) in [4.78, 5) is 32.1. The summed E-state index contributed by atoms with van der Waals surface area (Å²) in [5.41, 5.74) is 6.28. The van der Waals surface area contributed by atoms with Crippen LogP contribution in [0.25, 0.3) is 0 Å². The number of piperidine rings is 1. The monoisotopic (exact) mass is 724 g/mol. The largest absolute Gasteiger partial charge is 0.493 e. The first-order chi connectivity index (χ1) is 26.5. The summed E-state index contributed by atoms with van der Waals surface area (Å²) in [7, 11) is 1.74. The van der Waals surface area contributed by atoms with E-state index in [0.717, 1.165) is 69.4 Å². The zero-order valence-corrected chi connectivity index (χ0v) is 32.1. The molecule has 0 N–H and O–H groups in total. The number of benzene rings is 4. The van der Waals surface area contributed by atoms with E-state index >= 15 is 0 Å². The fraction of sp³-hybridized carbons (Fsp3) is 0.458. The summed E-state index contributed by atoms with van der Waals surface area (Å²) in [5, 5.41) is 0. The van der Waals surface area contributed by atoms with Gasteiger partial charge in [-0.25, -0.2) is 0 Å². The fourth-order valence-corrected chi connectivity index (χ4v) is 10.9. The zero-order valence-electron chi connectivity index (χ0n) is 32.1. The lowest BCUT2D eigenvalue weighted by Gasteiger charge is -2.60. The Kier molecular flexibility index (Phi) is 10.9. The molecule has 1 amide bonds. The van der Waals surface area contributed by atoms with Gasteiger partial charge < -0.3 is 14.4 Å². The fourth-order valence-electron chi connectivity index (χ4n) is 10.9. The van der Waals surface area contributed by atoms with Crippen molar-refractivity contribution in [3.05, 3.63) is 131 Å². The van der Waals surface area contributed by atoms with Gasteiger partial charge in [-0.05, 0) is 92.7 Å². The molecule has 4 aromatic rings. The van der Waals surface area contributed by atoms with Crippen molar-refractivity contribution in [2.45, 2.75) is 107 Å². The van der Waals surface area contributed by atoms with E-state index in [0.29, 0.717) is 25.4 Å². The van der Waals surface area contributed by atoms with Gasteiger partial charge in [0.25, 0.3) is 0 Å². The molecule has 0 aromatic heterocycles. The molecule has 6 nitrogen and oxygen atoms in total. The molecule has 2 heterocycles. The predicted molar refractivity (Wildman–Crippen MR) is 214 cm³/mol. The third kappa shape index (κ3) is 6.98. The van der Waals surface area contributed by atoms with Crippen molar-refractivity contribution < 1.29 is 19.1 Å². The molecule has 282 valence electrons. The van der Waals surface area contributed by atoms with Crippen LogP contribution in [0.15, 0.2) is 103 Å². The number of amides is 1. The molecule has 2 aliphatic heterocycles. The summed E-state index contributed by atoms with van der Waals surface area (Å²) in [6.07, 6.45) is 10.7. The second-order valence-electron chi connectivity index (χ2n) is 16.3. The zero-order chi connectivity index (χ0) is 37.1. The lowest BCUT2D eigenvalue weighted by atomic mass is 9.51. The van der Waals surface area contributed by atoms with E-state index in [9.17, 15) is 9.59 Å². The minimum Gasteiger partial charge on any atom is -0.493 e. The Morgan fingerprint density at radius 1 is 0.852 bits per heavy atom. The van der Waals surface area contributed by atoms with Crippen LogP contribution >= 0.6 is 0 Å². The number of hydrogen-bond acceptors (Lipinski definition) is 5. The number of aryl methyl sites for hydroxylation is 1. The van der Waals surface area contributed by atoms with Crippen LogP contribution in [-0.2, 0) is 27.8 Å². The van der Waals surface area contributed by atoms with Crippen LogP contribution in [-0.4, -0.2) is 66.4 Å². The third-order valence-corrected chi connectivity index (χ3v) is 13.2. The van der Waals surface area contributed by atoms with Crippen LogP contribution in [0.2, 0.25) is 0 Å². The van der Waals surface area contributed by atoms with Gasteiger partial charge in [-0.1, -0.05) is 116 Å². The van der Waals surface area contributed by atoms with Crippen molar-refractivity contribution in [1.29, 1.82) is 0 Å². The van der Waals surface area contributed by atoms with Gasteiger partial charge in [-0.2, -0.15) is 0 Å². The minimum absolute atomic E-state index is 0.0370. The molecule has 4 aliphatic rings. The van der Waals surface area contributed by atoms with E-state index in [1.54, 1.807) is 14.0 Å². The first-order valence-electron chi connectivity index (χ1n) is 20.5. The minimum atomic E-state index is -0.218. The van der Waals surface area contributed by atoms with Crippen molar-refractivity contribution in [2.75, 3.05) is 26.7 Å². The van der Waals surface area contributed by atoms with Crippen LogP contribution in [0, 0.1) is 5.92 Å². The lowest BCUT2D eigenvalue weighted by molar-refractivity contribution is -0.144. The second kappa shape index (κ2) is 16.1. The third-order valence-electron chi connectivity index (χ3n) is 13.2. The average Bonchev–Trinajstić information content (AvgIpc) is 3.55. The number of carbonyl (C=O) groups excluding carboxylic acids is 2. The highest BCUT2D eigenvalue weighted by molar-refractivity contribution is 5.78. The van der Waals surface area contributed by atoms with Crippen LogP contribution in [0.3, 0.4) is 0 Å². The molecule has 2 fully saturated rings. The molecule has 0 unspecified atom stereocenters. The van der Waals surface area contributed by atoms with Gasteiger partial charge in [0.1, 0.15) is 11.9 Å². The molecule has 1 saturated carbocycles. The Morgan fingerprint density at radius 3 is 2.20 bits per heavy atom. The van der Waals surface area contributed by atoms with E-state index in [2.05, 4.69) is 113 Å². The van der Waals surface area contributed by atoms with Crippen LogP contribution in [0.5, 0.6) is 11.5 Å². The maximum Gasteiger partial charge on any atom is 0.222 e. The van der Waals surface area contributed by atoms with E-state index in [1.807, 2.05) is 0 Å². The standard InChI is InChI=1S/C48H56N2O4/c1-34(51)32-49-30-29-48-40-26-27-41(47(48)54-46-43(53-2)28-25-38(45(46)48)31-42(40)49)50(33-39(36-20-12-7-13-21-36)37-22-14-8-15-23-37)44(52)24-16-5-3-4-9-17-35-18-10-6-11-19-35/h6-8,10-15,18-23,25,28,39-42,47H,3-5,9,16-17,24,26-27,29-33H2,1-2H3/t40-,41+,42+,47-,48-/m0/s1. The molecule has 4 aromatic carbocycles. The maximum atomic E-state index is 14.9. The number of hydrogen-bond donors (Lipinski definition) is 0. The highest BCUT2D eigenvalue weighted by Gasteiger charge is 2.66. The SMILES string of the molecule is COc1ccc2c3c1O[C@H]1[C@H](N(CC(c4ccccc4)c4ccccc4)C(=O)CCCCCCCc4ccccc4)CC[C@H]4[C@@H](C2)N(CC(C)=O)CC[C@@]341. The van der Waals surface area contributed by atoms with E-state index in [4.69, 9.17) is 9.47 Å². The number of ketones is 1.